The largest absolute Gasteiger partial charge is 0.488 e. The maximum absolute atomic E-state index is 6.02. The van der Waals surface area contributed by atoms with Crippen molar-refractivity contribution in [3.05, 3.63) is 29.8 Å². The molecule has 0 aromatic heterocycles. The normalized spacial score (nSPS) is 26.9. The van der Waals surface area contributed by atoms with E-state index in [1.807, 2.05) is 19.1 Å². The van der Waals surface area contributed by atoms with Gasteiger partial charge in [-0.2, -0.15) is 0 Å². The summed E-state index contributed by atoms with van der Waals surface area (Å²) in [5.41, 5.74) is 7.36. The first kappa shape index (κ1) is 14.4. The van der Waals surface area contributed by atoms with Crippen LogP contribution < -0.4 is 10.5 Å². The molecule has 1 saturated carbocycles. The summed E-state index contributed by atoms with van der Waals surface area (Å²) in [7, 11) is 0. The van der Waals surface area contributed by atoms with Gasteiger partial charge in [0.05, 0.1) is 0 Å². The third kappa shape index (κ3) is 3.28. The Morgan fingerprint density at radius 2 is 2.05 bits per heavy atom. The summed E-state index contributed by atoms with van der Waals surface area (Å²) in [6, 6.07) is 8.41. The molecule has 0 saturated heterocycles. The Hall–Kier alpha value is -1.06. The topological polar surface area (TPSA) is 44.5 Å². The Kier molecular flexibility index (Phi) is 4.16. The van der Waals surface area contributed by atoms with Gasteiger partial charge in [-0.05, 0) is 30.0 Å². The molecule has 1 fully saturated rings. The van der Waals surface area contributed by atoms with E-state index in [4.69, 9.17) is 15.2 Å². The van der Waals surface area contributed by atoms with E-state index in [1.54, 1.807) is 0 Å². The van der Waals surface area contributed by atoms with Gasteiger partial charge in [0.25, 0.3) is 0 Å². The second-order valence-corrected chi connectivity index (χ2v) is 6.25. The lowest BCUT2D eigenvalue weighted by Crippen LogP contribution is -2.59. The smallest absolute Gasteiger partial charge is 0.128 e. The number of hydrogen-bond donors (Lipinski definition) is 1. The lowest BCUT2D eigenvalue weighted by molar-refractivity contribution is -0.0945. The molecule has 1 aromatic rings. The molecular weight excluding hydrogens is 238 g/mol. The van der Waals surface area contributed by atoms with Crippen molar-refractivity contribution in [3.8, 4) is 5.75 Å². The van der Waals surface area contributed by atoms with Crippen LogP contribution in [-0.2, 0) is 10.2 Å². The first-order chi connectivity index (χ1) is 8.91. The Balaban J connectivity index is 2.04. The lowest BCUT2D eigenvalue weighted by Gasteiger charge is -2.41. The molecular formula is C16H25NO2. The molecule has 2 N–H and O–H groups in total. The Bertz CT molecular complexity index is 425. The van der Waals surface area contributed by atoms with Gasteiger partial charge in [-0.25, -0.2) is 0 Å². The summed E-state index contributed by atoms with van der Waals surface area (Å²) in [5, 5.41) is 0. The average molecular weight is 263 g/mol. The van der Waals surface area contributed by atoms with Crippen molar-refractivity contribution in [1.82, 2.24) is 0 Å². The van der Waals surface area contributed by atoms with Crippen LogP contribution in [0.1, 0.15) is 39.7 Å². The standard InChI is InChI=1S/C16H25NO2/c1-5-18-15-13(17)10-14(15)19-12-8-6-7-11(9-12)16(2,3)4/h6-9,13-15H,5,10,17H2,1-4H3. The van der Waals surface area contributed by atoms with Crippen molar-refractivity contribution in [1.29, 1.82) is 0 Å². The van der Waals surface area contributed by atoms with Crippen LogP contribution in [0.4, 0.5) is 0 Å². The predicted octanol–water partition coefficient (Wildman–Crippen LogP) is 2.87. The van der Waals surface area contributed by atoms with Gasteiger partial charge in [-0.15, -0.1) is 0 Å². The minimum Gasteiger partial charge on any atom is -0.488 e. The van der Waals surface area contributed by atoms with Gasteiger partial charge >= 0.3 is 0 Å². The number of nitrogens with two attached hydrogens (primary N) is 1. The highest BCUT2D eigenvalue weighted by Gasteiger charge is 2.41. The molecule has 19 heavy (non-hydrogen) atoms. The van der Waals surface area contributed by atoms with Crippen LogP contribution in [0, 0.1) is 0 Å². The summed E-state index contributed by atoms with van der Waals surface area (Å²) in [4.78, 5) is 0. The van der Waals surface area contributed by atoms with Crippen LogP contribution >= 0.6 is 0 Å². The summed E-state index contributed by atoms with van der Waals surface area (Å²) < 4.78 is 11.6. The SMILES string of the molecule is CCOC1C(N)CC1Oc1cccc(C(C)(C)C)c1. The average Bonchev–Trinajstić information content (AvgIpc) is 2.35. The number of rotatable bonds is 4. The molecule has 1 aliphatic carbocycles. The fraction of sp³-hybridized carbons (Fsp3) is 0.625. The van der Waals surface area contributed by atoms with Gasteiger partial charge in [0.1, 0.15) is 18.0 Å². The summed E-state index contributed by atoms with van der Waals surface area (Å²) >= 11 is 0. The molecule has 0 bridgehead atoms. The fourth-order valence-electron chi connectivity index (χ4n) is 2.37. The third-order valence-corrected chi connectivity index (χ3v) is 3.64. The zero-order valence-electron chi connectivity index (χ0n) is 12.3. The summed E-state index contributed by atoms with van der Waals surface area (Å²) in [5.74, 6) is 0.911. The second kappa shape index (κ2) is 5.51. The second-order valence-electron chi connectivity index (χ2n) is 6.25. The van der Waals surface area contributed by atoms with Gasteiger partial charge in [-0.3, -0.25) is 0 Å². The van der Waals surface area contributed by atoms with E-state index >= 15 is 0 Å². The highest BCUT2D eigenvalue weighted by Crippen LogP contribution is 2.30. The molecule has 1 aromatic carbocycles. The predicted molar refractivity (Wildman–Crippen MR) is 77.6 cm³/mol. The van der Waals surface area contributed by atoms with Crippen molar-refractivity contribution in [2.45, 2.75) is 57.8 Å². The molecule has 0 aliphatic heterocycles. The van der Waals surface area contributed by atoms with Crippen molar-refractivity contribution in [2.24, 2.45) is 5.73 Å². The van der Waals surface area contributed by atoms with E-state index in [0.717, 1.165) is 12.2 Å². The minimum absolute atomic E-state index is 0.0308. The van der Waals surface area contributed by atoms with Crippen molar-refractivity contribution >= 4 is 0 Å². The maximum Gasteiger partial charge on any atom is 0.128 e. The summed E-state index contributed by atoms with van der Waals surface area (Å²) in [6.07, 6.45) is 0.984. The summed E-state index contributed by atoms with van der Waals surface area (Å²) in [6.45, 7) is 9.28. The Morgan fingerprint density at radius 1 is 1.32 bits per heavy atom. The molecule has 0 spiro atoms. The zero-order valence-corrected chi connectivity index (χ0v) is 12.3. The number of benzene rings is 1. The lowest BCUT2D eigenvalue weighted by atomic mass is 9.85. The van der Waals surface area contributed by atoms with Crippen LogP contribution in [-0.4, -0.2) is 24.9 Å². The fourth-order valence-corrected chi connectivity index (χ4v) is 2.37. The molecule has 2 rings (SSSR count). The van der Waals surface area contributed by atoms with Crippen LogP contribution in [0.25, 0.3) is 0 Å². The van der Waals surface area contributed by atoms with Crippen molar-refractivity contribution in [3.63, 3.8) is 0 Å². The highest BCUT2D eigenvalue weighted by atomic mass is 16.5. The first-order valence-corrected chi connectivity index (χ1v) is 7.06. The van der Waals surface area contributed by atoms with E-state index in [-0.39, 0.29) is 23.7 Å². The van der Waals surface area contributed by atoms with E-state index in [1.165, 1.54) is 5.56 Å². The molecule has 3 nitrogen and oxygen atoms in total. The minimum atomic E-state index is 0.0308. The van der Waals surface area contributed by atoms with E-state index in [2.05, 4.69) is 32.9 Å². The molecule has 3 heteroatoms. The van der Waals surface area contributed by atoms with Gasteiger partial charge in [-0.1, -0.05) is 32.9 Å². The Morgan fingerprint density at radius 3 is 2.63 bits per heavy atom. The monoisotopic (exact) mass is 263 g/mol. The van der Waals surface area contributed by atoms with Crippen molar-refractivity contribution in [2.75, 3.05) is 6.61 Å². The van der Waals surface area contributed by atoms with Crippen LogP contribution in [0.5, 0.6) is 5.75 Å². The number of hydrogen-bond acceptors (Lipinski definition) is 3. The van der Waals surface area contributed by atoms with Crippen LogP contribution in [0.15, 0.2) is 24.3 Å². The molecule has 0 heterocycles. The number of ether oxygens (including phenoxy) is 2. The molecule has 3 atom stereocenters. The molecule has 3 unspecified atom stereocenters. The van der Waals surface area contributed by atoms with Crippen LogP contribution in [0.3, 0.4) is 0 Å². The van der Waals surface area contributed by atoms with Gasteiger partial charge < -0.3 is 15.2 Å². The first-order valence-electron chi connectivity index (χ1n) is 7.06. The quantitative estimate of drug-likeness (QED) is 0.908. The van der Waals surface area contributed by atoms with E-state index in [9.17, 15) is 0 Å². The van der Waals surface area contributed by atoms with Gasteiger partial charge in [0.2, 0.25) is 0 Å². The highest BCUT2D eigenvalue weighted by molar-refractivity contribution is 5.33. The third-order valence-electron chi connectivity index (χ3n) is 3.64. The van der Waals surface area contributed by atoms with Gasteiger partial charge in [0, 0.05) is 19.1 Å². The molecule has 0 amide bonds. The van der Waals surface area contributed by atoms with E-state index in [0.29, 0.717) is 6.61 Å². The van der Waals surface area contributed by atoms with Crippen molar-refractivity contribution < 1.29 is 9.47 Å². The molecule has 1 aliphatic rings. The zero-order chi connectivity index (χ0) is 14.0. The maximum atomic E-state index is 6.02. The Labute approximate surface area is 116 Å². The van der Waals surface area contributed by atoms with Gasteiger partial charge in [0.15, 0.2) is 0 Å². The van der Waals surface area contributed by atoms with Crippen LogP contribution in [0.2, 0.25) is 0 Å². The molecule has 106 valence electrons. The molecule has 0 radical (unpaired) electrons. The van der Waals surface area contributed by atoms with E-state index < -0.39 is 0 Å².